The van der Waals surface area contributed by atoms with Crippen LogP contribution in [0.15, 0.2) is 66.9 Å². The zero-order valence-corrected chi connectivity index (χ0v) is 20.4. The van der Waals surface area contributed by atoms with Gasteiger partial charge in [-0.2, -0.15) is 0 Å². The number of urea groups is 1. The number of carbonyl (C=O) groups excluding carboxylic acids is 2. The lowest BCUT2D eigenvalue weighted by molar-refractivity contribution is -0.119. The standard InChI is InChI=1S/C28H30N4O4/c1-18(2)20-10-8-19(9-11-20)16-30-28(36)32-14-4-7-24(32)26(33)31-25-13-12-23(17-29-25)21-5-3-6-22(15-21)27(34)35/h3,5-6,8-13,15,17-18,24H,4,7,14,16H2,1-2H3,(H,30,36)(H,34,35)(H,29,31,33)/t24-/m1/s1. The van der Waals surface area contributed by atoms with Crippen LogP contribution in [0.25, 0.3) is 11.1 Å². The minimum atomic E-state index is -0.997. The molecule has 0 unspecified atom stereocenters. The SMILES string of the molecule is CC(C)c1ccc(CNC(=O)N2CCC[C@@H]2C(=O)Nc2ccc(-c3cccc(C(=O)O)c3)cn2)cc1. The first-order chi connectivity index (χ1) is 17.3. The van der Waals surface area contributed by atoms with Crippen molar-refractivity contribution in [2.45, 2.75) is 45.2 Å². The third kappa shape index (κ3) is 5.89. The van der Waals surface area contributed by atoms with Crippen LogP contribution in [-0.4, -0.2) is 45.5 Å². The van der Waals surface area contributed by atoms with Gasteiger partial charge in [-0.3, -0.25) is 4.79 Å². The maximum absolute atomic E-state index is 12.9. The number of benzene rings is 2. The van der Waals surface area contributed by atoms with Crippen molar-refractivity contribution in [3.8, 4) is 11.1 Å². The van der Waals surface area contributed by atoms with E-state index in [1.807, 2.05) is 12.1 Å². The normalized spacial score (nSPS) is 15.1. The Morgan fingerprint density at radius 1 is 1.06 bits per heavy atom. The maximum Gasteiger partial charge on any atom is 0.335 e. The largest absolute Gasteiger partial charge is 0.478 e. The van der Waals surface area contributed by atoms with Crippen molar-refractivity contribution in [2.24, 2.45) is 0 Å². The molecule has 1 atom stereocenters. The zero-order valence-electron chi connectivity index (χ0n) is 20.4. The molecule has 0 bridgehead atoms. The molecule has 36 heavy (non-hydrogen) atoms. The van der Waals surface area contributed by atoms with E-state index in [-0.39, 0.29) is 17.5 Å². The van der Waals surface area contributed by atoms with Crippen molar-refractivity contribution in [1.82, 2.24) is 15.2 Å². The van der Waals surface area contributed by atoms with Gasteiger partial charge in [0, 0.05) is 24.8 Å². The Morgan fingerprint density at radius 2 is 1.83 bits per heavy atom. The maximum atomic E-state index is 12.9. The van der Waals surface area contributed by atoms with E-state index in [4.69, 9.17) is 0 Å². The summed E-state index contributed by atoms with van der Waals surface area (Å²) in [5, 5.41) is 14.9. The number of hydrogen-bond acceptors (Lipinski definition) is 4. The van der Waals surface area contributed by atoms with Gasteiger partial charge in [0.25, 0.3) is 0 Å². The van der Waals surface area contributed by atoms with Crippen LogP contribution < -0.4 is 10.6 Å². The zero-order chi connectivity index (χ0) is 25.7. The highest BCUT2D eigenvalue weighted by Gasteiger charge is 2.34. The fourth-order valence-corrected chi connectivity index (χ4v) is 4.26. The predicted octanol–water partition coefficient (Wildman–Crippen LogP) is 4.88. The van der Waals surface area contributed by atoms with E-state index in [2.05, 4.69) is 41.6 Å². The van der Waals surface area contributed by atoms with Gasteiger partial charge in [-0.15, -0.1) is 0 Å². The first-order valence-electron chi connectivity index (χ1n) is 12.1. The summed E-state index contributed by atoms with van der Waals surface area (Å²) in [5.74, 6) is -0.457. The van der Waals surface area contributed by atoms with Gasteiger partial charge in [0.15, 0.2) is 0 Å². The molecule has 186 valence electrons. The molecule has 3 amide bonds. The van der Waals surface area contributed by atoms with Crippen molar-refractivity contribution in [3.05, 3.63) is 83.6 Å². The number of likely N-dealkylation sites (tertiary alicyclic amines) is 1. The fourth-order valence-electron chi connectivity index (χ4n) is 4.26. The average molecular weight is 487 g/mol. The van der Waals surface area contributed by atoms with Gasteiger partial charge >= 0.3 is 12.0 Å². The second-order valence-electron chi connectivity index (χ2n) is 9.21. The Labute approximate surface area is 210 Å². The molecule has 2 heterocycles. The van der Waals surface area contributed by atoms with Crippen LogP contribution in [0.3, 0.4) is 0 Å². The summed E-state index contributed by atoms with van der Waals surface area (Å²) < 4.78 is 0. The molecule has 1 saturated heterocycles. The number of aromatic carboxylic acids is 1. The molecule has 0 aliphatic carbocycles. The number of nitrogens with zero attached hydrogens (tertiary/aromatic N) is 2. The van der Waals surface area contributed by atoms with E-state index in [9.17, 15) is 19.5 Å². The van der Waals surface area contributed by atoms with Crippen LogP contribution >= 0.6 is 0 Å². The lowest BCUT2D eigenvalue weighted by Gasteiger charge is -2.24. The van der Waals surface area contributed by atoms with Crippen LogP contribution in [-0.2, 0) is 11.3 Å². The lowest BCUT2D eigenvalue weighted by atomic mass is 10.0. The molecule has 2 aromatic carbocycles. The van der Waals surface area contributed by atoms with Crippen molar-refractivity contribution < 1.29 is 19.5 Å². The smallest absolute Gasteiger partial charge is 0.335 e. The summed E-state index contributed by atoms with van der Waals surface area (Å²) in [6.45, 7) is 5.19. The number of nitrogens with one attached hydrogen (secondary N) is 2. The van der Waals surface area contributed by atoms with Crippen molar-refractivity contribution in [3.63, 3.8) is 0 Å². The molecular formula is C28H30N4O4. The molecule has 8 nitrogen and oxygen atoms in total. The summed E-state index contributed by atoms with van der Waals surface area (Å²) in [7, 11) is 0. The molecule has 4 rings (SSSR count). The molecule has 1 aliphatic rings. The summed E-state index contributed by atoms with van der Waals surface area (Å²) in [5.41, 5.74) is 3.90. The second kappa shape index (κ2) is 11.0. The molecule has 1 fully saturated rings. The summed E-state index contributed by atoms with van der Waals surface area (Å²) in [4.78, 5) is 42.9. The van der Waals surface area contributed by atoms with Crippen molar-refractivity contribution in [1.29, 1.82) is 0 Å². The van der Waals surface area contributed by atoms with Crippen LogP contribution in [0, 0.1) is 0 Å². The number of aromatic nitrogens is 1. The van der Waals surface area contributed by atoms with E-state index < -0.39 is 12.0 Å². The molecule has 3 aromatic rings. The number of rotatable bonds is 7. The number of carboxylic acid groups (broad SMARTS) is 1. The molecule has 8 heteroatoms. The number of anilines is 1. The molecule has 3 N–H and O–H groups in total. The second-order valence-corrected chi connectivity index (χ2v) is 9.21. The molecular weight excluding hydrogens is 456 g/mol. The van der Waals surface area contributed by atoms with E-state index in [0.29, 0.717) is 31.2 Å². The van der Waals surface area contributed by atoms with Gasteiger partial charge < -0.3 is 20.6 Å². The van der Waals surface area contributed by atoms with E-state index in [0.717, 1.165) is 23.1 Å². The van der Waals surface area contributed by atoms with Crippen LogP contribution in [0.5, 0.6) is 0 Å². The van der Waals surface area contributed by atoms with Crippen molar-refractivity contribution >= 4 is 23.7 Å². The highest BCUT2D eigenvalue weighted by Crippen LogP contribution is 2.23. The monoisotopic (exact) mass is 486 g/mol. The number of carbonyl (C=O) groups is 3. The average Bonchev–Trinajstić information content (AvgIpc) is 3.38. The number of amides is 3. The fraction of sp³-hybridized carbons (Fsp3) is 0.286. The van der Waals surface area contributed by atoms with Crippen LogP contribution in [0.4, 0.5) is 10.6 Å². The minimum Gasteiger partial charge on any atom is -0.478 e. The highest BCUT2D eigenvalue weighted by atomic mass is 16.4. The predicted molar refractivity (Wildman–Crippen MR) is 138 cm³/mol. The summed E-state index contributed by atoms with van der Waals surface area (Å²) in [6, 6.07) is 17.3. The molecule has 0 radical (unpaired) electrons. The van der Waals surface area contributed by atoms with Crippen molar-refractivity contribution in [2.75, 3.05) is 11.9 Å². The third-order valence-electron chi connectivity index (χ3n) is 6.36. The quantitative estimate of drug-likeness (QED) is 0.441. The Kier molecular flexibility index (Phi) is 7.63. The van der Waals surface area contributed by atoms with Crippen LogP contribution in [0.2, 0.25) is 0 Å². The van der Waals surface area contributed by atoms with Gasteiger partial charge in [0.2, 0.25) is 5.91 Å². The first kappa shape index (κ1) is 24.9. The molecule has 1 aromatic heterocycles. The molecule has 0 spiro atoms. The topological polar surface area (TPSA) is 112 Å². The molecule has 0 saturated carbocycles. The van der Waals surface area contributed by atoms with E-state index in [1.54, 1.807) is 41.4 Å². The Hall–Kier alpha value is -4.20. The summed E-state index contributed by atoms with van der Waals surface area (Å²) in [6.07, 6.45) is 2.92. The van der Waals surface area contributed by atoms with E-state index >= 15 is 0 Å². The molecule has 1 aliphatic heterocycles. The number of carboxylic acids is 1. The Bertz CT molecular complexity index is 1240. The minimum absolute atomic E-state index is 0.192. The van der Waals surface area contributed by atoms with Crippen LogP contribution in [0.1, 0.15) is 54.1 Å². The van der Waals surface area contributed by atoms with Gasteiger partial charge in [0.1, 0.15) is 11.9 Å². The first-order valence-corrected chi connectivity index (χ1v) is 12.1. The third-order valence-corrected chi connectivity index (χ3v) is 6.36. The van der Waals surface area contributed by atoms with Gasteiger partial charge in [-0.05, 0) is 59.7 Å². The number of pyridine rings is 1. The Balaban J connectivity index is 1.35. The van der Waals surface area contributed by atoms with Gasteiger partial charge in [-0.25, -0.2) is 14.6 Å². The lowest BCUT2D eigenvalue weighted by Crippen LogP contribution is -2.47. The van der Waals surface area contributed by atoms with Gasteiger partial charge in [-0.1, -0.05) is 50.2 Å². The summed E-state index contributed by atoms with van der Waals surface area (Å²) >= 11 is 0. The Morgan fingerprint density at radius 3 is 2.50 bits per heavy atom. The van der Waals surface area contributed by atoms with E-state index in [1.165, 1.54) is 11.6 Å². The highest BCUT2D eigenvalue weighted by molar-refractivity contribution is 5.97. The number of hydrogen-bond donors (Lipinski definition) is 3. The van der Waals surface area contributed by atoms with Gasteiger partial charge in [0.05, 0.1) is 5.56 Å².